The van der Waals surface area contributed by atoms with Gasteiger partial charge in [0.1, 0.15) is 0 Å². The molecule has 1 aliphatic rings. The molecule has 0 aromatic rings. The molecule has 0 saturated heterocycles. The first kappa shape index (κ1) is 14.9. The van der Waals surface area contributed by atoms with Crippen molar-refractivity contribution in [3.05, 3.63) is 0 Å². The standard InChI is InChI=1S/C10H20O.C2H6O2/c1-2-3-6-9-11-10-7-4-5-8-10;3-1-2-4/h10H,2-9H2,1H3;3-4H,1-2H2. The predicted molar refractivity (Wildman–Crippen MR) is 61.9 cm³/mol. The first-order valence-corrected chi connectivity index (χ1v) is 6.18. The zero-order valence-corrected chi connectivity index (χ0v) is 9.95. The number of unbranched alkanes of at least 4 members (excludes halogenated alkanes) is 2. The van der Waals surface area contributed by atoms with Gasteiger partial charge in [-0.3, -0.25) is 0 Å². The third-order valence-corrected chi connectivity index (χ3v) is 2.50. The van der Waals surface area contributed by atoms with Crippen molar-refractivity contribution in [1.82, 2.24) is 0 Å². The molecule has 1 rings (SSSR count). The summed E-state index contributed by atoms with van der Waals surface area (Å²) in [6, 6.07) is 0. The van der Waals surface area contributed by atoms with Crippen molar-refractivity contribution in [1.29, 1.82) is 0 Å². The number of hydrogen-bond acceptors (Lipinski definition) is 3. The van der Waals surface area contributed by atoms with Crippen LogP contribution in [0, 0.1) is 0 Å². The lowest BCUT2D eigenvalue weighted by atomic mass is 10.2. The molecule has 1 fully saturated rings. The summed E-state index contributed by atoms with van der Waals surface area (Å²) in [7, 11) is 0. The molecule has 0 unspecified atom stereocenters. The quantitative estimate of drug-likeness (QED) is 0.671. The topological polar surface area (TPSA) is 49.7 Å². The zero-order valence-electron chi connectivity index (χ0n) is 9.95. The molecule has 3 heteroatoms. The zero-order chi connectivity index (χ0) is 11.4. The Hall–Kier alpha value is -0.120. The second kappa shape index (κ2) is 12.0. The molecule has 1 saturated carbocycles. The molecular weight excluding hydrogens is 192 g/mol. The molecule has 1 aliphatic carbocycles. The fourth-order valence-corrected chi connectivity index (χ4v) is 1.66. The third kappa shape index (κ3) is 10.2. The lowest BCUT2D eigenvalue weighted by molar-refractivity contribution is 0.0558. The van der Waals surface area contributed by atoms with Crippen molar-refractivity contribution in [2.24, 2.45) is 0 Å². The highest BCUT2D eigenvalue weighted by Gasteiger charge is 2.14. The van der Waals surface area contributed by atoms with Crippen molar-refractivity contribution in [2.45, 2.75) is 58.0 Å². The Balaban J connectivity index is 0.000000423. The van der Waals surface area contributed by atoms with Crippen molar-refractivity contribution in [2.75, 3.05) is 19.8 Å². The van der Waals surface area contributed by atoms with Gasteiger partial charge in [-0.1, -0.05) is 32.6 Å². The van der Waals surface area contributed by atoms with Gasteiger partial charge in [0.05, 0.1) is 19.3 Å². The van der Waals surface area contributed by atoms with Gasteiger partial charge in [0.15, 0.2) is 0 Å². The smallest absolute Gasteiger partial charge is 0.0662 e. The van der Waals surface area contributed by atoms with Crippen LogP contribution in [0.5, 0.6) is 0 Å². The van der Waals surface area contributed by atoms with Crippen molar-refractivity contribution in [3.8, 4) is 0 Å². The van der Waals surface area contributed by atoms with Crippen LogP contribution in [0.1, 0.15) is 51.9 Å². The number of aliphatic hydroxyl groups is 2. The van der Waals surface area contributed by atoms with Gasteiger partial charge in [0.2, 0.25) is 0 Å². The molecule has 15 heavy (non-hydrogen) atoms. The SMILES string of the molecule is CCCCCOC1CCCC1.OCCO. The molecule has 0 bridgehead atoms. The summed E-state index contributed by atoms with van der Waals surface area (Å²) in [5, 5.41) is 15.2. The molecule has 0 atom stereocenters. The van der Waals surface area contributed by atoms with Gasteiger partial charge >= 0.3 is 0 Å². The Morgan fingerprint density at radius 1 is 1.07 bits per heavy atom. The maximum Gasteiger partial charge on any atom is 0.0662 e. The van der Waals surface area contributed by atoms with Gasteiger partial charge in [0.25, 0.3) is 0 Å². The van der Waals surface area contributed by atoms with E-state index in [-0.39, 0.29) is 13.2 Å². The fourth-order valence-electron chi connectivity index (χ4n) is 1.66. The van der Waals surface area contributed by atoms with Crippen LogP contribution in [0.25, 0.3) is 0 Å². The average Bonchev–Trinajstić information content (AvgIpc) is 2.78. The van der Waals surface area contributed by atoms with Crippen LogP contribution in [0.2, 0.25) is 0 Å². The van der Waals surface area contributed by atoms with Crippen LogP contribution < -0.4 is 0 Å². The van der Waals surface area contributed by atoms with E-state index in [1.807, 2.05) is 0 Å². The summed E-state index contributed by atoms with van der Waals surface area (Å²) in [4.78, 5) is 0. The molecule has 0 radical (unpaired) electrons. The summed E-state index contributed by atoms with van der Waals surface area (Å²) >= 11 is 0. The monoisotopic (exact) mass is 218 g/mol. The second-order valence-corrected chi connectivity index (χ2v) is 3.93. The van der Waals surface area contributed by atoms with E-state index in [4.69, 9.17) is 14.9 Å². The number of rotatable bonds is 6. The highest BCUT2D eigenvalue weighted by Crippen LogP contribution is 2.20. The van der Waals surface area contributed by atoms with Crippen LogP contribution >= 0.6 is 0 Å². The Bertz CT molecular complexity index is 109. The summed E-state index contributed by atoms with van der Waals surface area (Å²) in [5.74, 6) is 0. The van der Waals surface area contributed by atoms with Gasteiger partial charge in [-0.25, -0.2) is 0 Å². The number of ether oxygens (including phenoxy) is 1. The van der Waals surface area contributed by atoms with E-state index >= 15 is 0 Å². The first-order chi connectivity index (χ1) is 7.35. The van der Waals surface area contributed by atoms with E-state index in [0.717, 1.165) is 6.61 Å². The highest BCUT2D eigenvalue weighted by molar-refractivity contribution is 4.66. The largest absolute Gasteiger partial charge is 0.394 e. The number of hydrogen-bond donors (Lipinski definition) is 2. The highest BCUT2D eigenvalue weighted by atomic mass is 16.5. The van der Waals surface area contributed by atoms with E-state index in [9.17, 15) is 0 Å². The molecule has 0 spiro atoms. The summed E-state index contributed by atoms with van der Waals surface area (Å²) in [6.07, 6.45) is 9.90. The normalized spacial score (nSPS) is 16.2. The minimum Gasteiger partial charge on any atom is -0.394 e. The van der Waals surface area contributed by atoms with E-state index in [1.54, 1.807) is 0 Å². The summed E-state index contributed by atoms with van der Waals surface area (Å²) in [6.45, 7) is 2.98. The van der Waals surface area contributed by atoms with Crippen molar-refractivity contribution < 1.29 is 14.9 Å². The third-order valence-electron chi connectivity index (χ3n) is 2.50. The summed E-state index contributed by atoms with van der Waals surface area (Å²) < 4.78 is 5.70. The molecule has 2 N–H and O–H groups in total. The van der Waals surface area contributed by atoms with Crippen molar-refractivity contribution >= 4 is 0 Å². The predicted octanol–water partition coefficient (Wildman–Crippen LogP) is 2.11. The molecule has 0 aliphatic heterocycles. The van der Waals surface area contributed by atoms with Crippen LogP contribution in [-0.2, 0) is 4.74 Å². The minimum atomic E-state index is -0.125. The van der Waals surface area contributed by atoms with Gasteiger partial charge in [-0.2, -0.15) is 0 Å². The average molecular weight is 218 g/mol. The number of aliphatic hydroxyl groups excluding tert-OH is 2. The van der Waals surface area contributed by atoms with Crippen molar-refractivity contribution in [3.63, 3.8) is 0 Å². The first-order valence-electron chi connectivity index (χ1n) is 6.18. The second-order valence-electron chi connectivity index (χ2n) is 3.93. The molecule has 0 aromatic carbocycles. The Labute approximate surface area is 93.5 Å². The van der Waals surface area contributed by atoms with Crippen LogP contribution in [0.15, 0.2) is 0 Å². The molecule has 92 valence electrons. The molecular formula is C12H26O3. The maximum atomic E-state index is 7.62. The Morgan fingerprint density at radius 3 is 2.13 bits per heavy atom. The minimum absolute atomic E-state index is 0.125. The molecule has 3 nitrogen and oxygen atoms in total. The Morgan fingerprint density at radius 2 is 1.67 bits per heavy atom. The summed E-state index contributed by atoms with van der Waals surface area (Å²) in [5.41, 5.74) is 0. The van der Waals surface area contributed by atoms with Gasteiger partial charge in [0, 0.05) is 6.61 Å². The van der Waals surface area contributed by atoms with E-state index in [2.05, 4.69) is 6.92 Å². The molecule has 0 heterocycles. The fraction of sp³-hybridized carbons (Fsp3) is 1.00. The van der Waals surface area contributed by atoms with E-state index in [0.29, 0.717) is 6.10 Å². The molecule has 0 aromatic heterocycles. The van der Waals surface area contributed by atoms with Crippen LogP contribution in [0.3, 0.4) is 0 Å². The Kier molecular flexibility index (Phi) is 11.9. The molecule has 0 amide bonds. The van der Waals surface area contributed by atoms with Gasteiger partial charge in [-0.15, -0.1) is 0 Å². The van der Waals surface area contributed by atoms with E-state index in [1.165, 1.54) is 44.9 Å². The van der Waals surface area contributed by atoms with Gasteiger partial charge in [-0.05, 0) is 19.3 Å². The van der Waals surface area contributed by atoms with Crippen LogP contribution in [-0.4, -0.2) is 36.1 Å². The van der Waals surface area contributed by atoms with Gasteiger partial charge < -0.3 is 14.9 Å². The van der Waals surface area contributed by atoms with Crippen LogP contribution in [0.4, 0.5) is 0 Å². The maximum absolute atomic E-state index is 7.62. The lowest BCUT2D eigenvalue weighted by Gasteiger charge is -2.09. The lowest BCUT2D eigenvalue weighted by Crippen LogP contribution is -2.08. The van der Waals surface area contributed by atoms with E-state index < -0.39 is 0 Å².